The molecule has 2 aromatic rings. The monoisotopic (exact) mass is 294 g/mol. The Bertz CT molecular complexity index is 714. The van der Waals surface area contributed by atoms with Gasteiger partial charge in [0.1, 0.15) is 12.1 Å². The van der Waals surface area contributed by atoms with Crippen LogP contribution in [0.15, 0.2) is 36.0 Å². The maximum atomic E-state index is 13.9. The highest BCUT2D eigenvalue weighted by molar-refractivity contribution is 5.80. The van der Waals surface area contributed by atoms with Crippen molar-refractivity contribution in [2.24, 2.45) is 5.10 Å². The Morgan fingerprint density at radius 1 is 1.29 bits per heavy atom. The first-order valence-electron chi connectivity index (χ1n) is 6.06. The highest BCUT2D eigenvalue weighted by Gasteiger charge is 2.32. The molecule has 21 heavy (non-hydrogen) atoms. The first kappa shape index (κ1) is 13.3. The fourth-order valence-electron chi connectivity index (χ4n) is 2.17. The van der Waals surface area contributed by atoms with Crippen LogP contribution in [-0.4, -0.2) is 26.8 Å². The molecule has 2 heterocycles. The van der Waals surface area contributed by atoms with Gasteiger partial charge in [-0.25, -0.2) is 28.0 Å². The lowest BCUT2D eigenvalue weighted by molar-refractivity contribution is 0.186. The number of imidazole rings is 1. The van der Waals surface area contributed by atoms with E-state index < -0.39 is 29.5 Å². The van der Waals surface area contributed by atoms with Gasteiger partial charge in [-0.2, -0.15) is 5.10 Å². The van der Waals surface area contributed by atoms with Crippen molar-refractivity contribution in [2.75, 3.05) is 0 Å². The molecule has 0 N–H and O–H groups in total. The molecule has 1 aliphatic heterocycles. The summed E-state index contributed by atoms with van der Waals surface area (Å²) in [6, 6.07) is -0.164. The van der Waals surface area contributed by atoms with Crippen molar-refractivity contribution in [3.63, 3.8) is 0 Å². The number of benzene rings is 1. The lowest BCUT2D eigenvalue weighted by Gasteiger charge is -2.22. The van der Waals surface area contributed by atoms with Gasteiger partial charge in [-0.05, 0) is 6.07 Å². The second-order valence-electron chi connectivity index (χ2n) is 4.44. The highest BCUT2D eigenvalue weighted by atomic mass is 19.2. The van der Waals surface area contributed by atoms with E-state index in [0.29, 0.717) is 6.07 Å². The molecule has 3 rings (SSSR count). The van der Waals surface area contributed by atoms with E-state index in [-0.39, 0.29) is 12.0 Å². The van der Waals surface area contributed by atoms with Crippen LogP contribution in [0.1, 0.15) is 18.0 Å². The molecule has 0 bridgehead atoms. The summed E-state index contributed by atoms with van der Waals surface area (Å²) >= 11 is 0. The van der Waals surface area contributed by atoms with Crippen LogP contribution >= 0.6 is 0 Å². The molecule has 1 amide bonds. The predicted octanol–water partition coefficient (Wildman–Crippen LogP) is 2.70. The zero-order valence-corrected chi connectivity index (χ0v) is 10.6. The molecule has 0 spiro atoms. The maximum absolute atomic E-state index is 13.9. The molecular formula is C13H9F3N4O. The van der Waals surface area contributed by atoms with Gasteiger partial charge in [0.05, 0.1) is 6.04 Å². The molecule has 8 heteroatoms. The van der Waals surface area contributed by atoms with Gasteiger partial charge in [-0.3, -0.25) is 4.57 Å². The number of aromatic nitrogens is 2. The Hall–Kier alpha value is -2.64. The van der Waals surface area contributed by atoms with Gasteiger partial charge >= 0.3 is 6.03 Å². The summed E-state index contributed by atoms with van der Waals surface area (Å²) in [5.41, 5.74) is -0.251. The Balaban J connectivity index is 1.98. The van der Waals surface area contributed by atoms with Gasteiger partial charge < -0.3 is 0 Å². The molecule has 0 saturated heterocycles. The van der Waals surface area contributed by atoms with Crippen molar-refractivity contribution in [3.05, 3.63) is 53.9 Å². The minimum atomic E-state index is -1.30. The second-order valence-corrected chi connectivity index (χ2v) is 4.44. The van der Waals surface area contributed by atoms with Crippen LogP contribution in [-0.2, 0) is 0 Å². The molecule has 108 valence electrons. The first-order chi connectivity index (χ1) is 10.1. The van der Waals surface area contributed by atoms with Crippen molar-refractivity contribution >= 4 is 12.2 Å². The van der Waals surface area contributed by atoms with Crippen LogP contribution in [0.5, 0.6) is 0 Å². The summed E-state index contributed by atoms with van der Waals surface area (Å²) in [5, 5.41) is 4.82. The molecular weight excluding hydrogens is 285 g/mol. The summed E-state index contributed by atoms with van der Waals surface area (Å²) in [7, 11) is 0. The van der Waals surface area contributed by atoms with Crippen LogP contribution in [0.2, 0.25) is 0 Å². The van der Waals surface area contributed by atoms with Gasteiger partial charge in [0.15, 0.2) is 11.6 Å². The fourth-order valence-corrected chi connectivity index (χ4v) is 2.17. The van der Waals surface area contributed by atoms with Crippen molar-refractivity contribution < 1.29 is 18.0 Å². The number of halogens is 3. The average Bonchev–Trinajstić information content (AvgIpc) is 3.12. The van der Waals surface area contributed by atoms with Crippen LogP contribution < -0.4 is 0 Å². The Morgan fingerprint density at radius 3 is 2.81 bits per heavy atom. The van der Waals surface area contributed by atoms with E-state index in [2.05, 4.69) is 10.1 Å². The van der Waals surface area contributed by atoms with E-state index in [4.69, 9.17) is 0 Å². The van der Waals surface area contributed by atoms with E-state index >= 15 is 0 Å². The van der Waals surface area contributed by atoms with Crippen molar-refractivity contribution in [2.45, 2.75) is 12.5 Å². The average molecular weight is 294 g/mol. The molecule has 5 nitrogen and oxygen atoms in total. The van der Waals surface area contributed by atoms with Crippen molar-refractivity contribution in [1.82, 2.24) is 14.6 Å². The number of nitrogens with zero attached hydrogens (tertiary/aromatic N) is 4. The minimum absolute atomic E-state index is 0.167. The normalized spacial score (nSPS) is 17.5. The van der Waals surface area contributed by atoms with Crippen molar-refractivity contribution in [3.8, 4) is 0 Å². The number of hydrazone groups is 1. The Morgan fingerprint density at radius 2 is 2.10 bits per heavy atom. The molecule has 0 unspecified atom stereocenters. The third kappa shape index (κ3) is 2.28. The van der Waals surface area contributed by atoms with E-state index in [1.807, 2.05) is 0 Å². The maximum Gasteiger partial charge on any atom is 0.350 e. The van der Waals surface area contributed by atoms with Gasteiger partial charge in [-0.15, -0.1) is 0 Å². The number of carbonyl (C=O) groups excluding carboxylic acids is 1. The molecule has 1 aliphatic rings. The highest BCUT2D eigenvalue weighted by Crippen LogP contribution is 2.32. The number of hydrogen-bond donors (Lipinski definition) is 0. The quantitative estimate of drug-likeness (QED) is 0.759. The summed E-state index contributed by atoms with van der Waals surface area (Å²) in [4.78, 5) is 15.9. The summed E-state index contributed by atoms with van der Waals surface area (Å²) < 4.78 is 41.6. The number of carbonyl (C=O) groups is 1. The van der Waals surface area contributed by atoms with Gasteiger partial charge in [0.25, 0.3) is 0 Å². The lowest BCUT2D eigenvalue weighted by atomic mass is 10.0. The Labute approximate surface area is 117 Å². The van der Waals surface area contributed by atoms with Crippen LogP contribution in [0, 0.1) is 17.5 Å². The van der Waals surface area contributed by atoms with Crippen molar-refractivity contribution in [1.29, 1.82) is 0 Å². The molecule has 1 atom stereocenters. The molecule has 0 aliphatic carbocycles. The van der Waals surface area contributed by atoms with Crippen LogP contribution in [0.25, 0.3) is 0 Å². The molecule has 0 fully saturated rings. The number of amides is 1. The third-order valence-electron chi connectivity index (χ3n) is 3.13. The van der Waals surface area contributed by atoms with E-state index in [1.165, 1.54) is 24.9 Å². The van der Waals surface area contributed by atoms with Gasteiger partial charge in [-0.1, -0.05) is 0 Å². The minimum Gasteiger partial charge on any atom is -0.257 e. The summed E-state index contributed by atoms with van der Waals surface area (Å²) in [6.07, 6.45) is 5.61. The molecule has 1 aromatic carbocycles. The topological polar surface area (TPSA) is 50.5 Å². The first-order valence-corrected chi connectivity index (χ1v) is 6.06. The Kier molecular flexibility index (Phi) is 3.20. The van der Waals surface area contributed by atoms with E-state index in [1.54, 1.807) is 0 Å². The fraction of sp³-hybridized carbons (Fsp3) is 0.154. The predicted molar refractivity (Wildman–Crippen MR) is 67.0 cm³/mol. The number of hydrogen-bond acceptors (Lipinski definition) is 3. The van der Waals surface area contributed by atoms with E-state index in [0.717, 1.165) is 15.6 Å². The second kappa shape index (κ2) is 5.04. The SMILES string of the molecule is O=C(N1N=CC[C@H]1c1cc(F)cc(F)c1F)n1ccnc1. The van der Waals surface area contributed by atoms with E-state index in [9.17, 15) is 18.0 Å². The standard InChI is InChI=1S/C13H9F3N4O/c14-8-5-9(12(16)10(15)6-8)11-1-2-18-20(11)13(21)19-4-3-17-7-19/h2-7,11H,1H2/t11-/m0/s1. The zero-order chi connectivity index (χ0) is 15.0. The smallest absolute Gasteiger partial charge is 0.257 e. The molecule has 0 saturated carbocycles. The summed E-state index contributed by atoms with van der Waals surface area (Å²) in [5.74, 6) is -3.40. The summed E-state index contributed by atoms with van der Waals surface area (Å²) in [6.45, 7) is 0. The zero-order valence-electron chi connectivity index (χ0n) is 10.6. The van der Waals surface area contributed by atoms with Gasteiger partial charge in [0.2, 0.25) is 0 Å². The largest absolute Gasteiger partial charge is 0.350 e. The molecule has 0 radical (unpaired) electrons. The lowest BCUT2D eigenvalue weighted by Crippen LogP contribution is -2.31. The molecule has 1 aromatic heterocycles. The van der Waals surface area contributed by atoms with Gasteiger partial charge in [0, 0.05) is 36.7 Å². The van der Waals surface area contributed by atoms with Crippen LogP contribution in [0.4, 0.5) is 18.0 Å². The number of rotatable bonds is 1. The van der Waals surface area contributed by atoms with Crippen LogP contribution in [0.3, 0.4) is 0 Å². The third-order valence-corrected chi connectivity index (χ3v) is 3.13.